The first-order chi connectivity index (χ1) is 10.5. The van der Waals surface area contributed by atoms with Crippen molar-refractivity contribution in [2.24, 2.45) is 0 Å². The number of rotatable bonds is 4. The number of hydrogen-bond donors (Lipinski definition) is 1. The highest BCUT2D eigenvalue weighted by Gasteiger charge is 2.11. The molecule has 2 heterocycles. The minimum absolute atomic E-state index is 0.0187. The van der Waals surface area contributed by atoms with Crippen LogP contribution in [-0.2, 0) is 11.3 Å². The van der Waals surface area contributed by atoms with Gasteiger partial charge in [0.25, 0.3) is 0 Å². The van der Waals surface area contributed by atoms with Crippen LogP contribution >= 0.6 is 11.3 Å². The second kappa shape index (κ2) is 5.64. The Morgan fingerprint density at radius 2 is 2.18 bits per heavy atom. The Kier molecular flexibility index (Phi) is 3.68. The predicted octanol–water partition coefficient (Wildman–Crippen LogP) is 2.04. The monoisotopic (exact) mass is 315 g/mol. The second-order valence-corrected chi connectivity index (χ2v) is 5.88. The summed E-state index contributed by atoms with van der Waals surface area (Å²) in [6, 6.07) is 5.90. The number of Topliss-reactive ketones (excluding diaryl/α,β-unsaturated/α-hetero) is 1. The quantitative estimate of drug-likeness (QED) is 0.744. The fourth-order valence-corrected chi connectivity index (χ4v) is 2.94. The van der Waals surface area contributed by atoms with Gasteiger partial charge in [0.05, 0.1) is 16.4 Å². The summed E-state index contributed by atoms with van der Waals surface area (Å²) in [6.45, 7) is 3.36. The first-order valence-electron chi connectivity index (χ1n) is 6.60. The highest BCUT2D eigenvalue weighted by atomic mass is 32.1. The lowest BCUT2D eigenvalue weighted by Crippen LogP contribution is -2.19. The van der Waals surface area contributed by atoms with Crippen molar-refractivity contribution in [1.82, 2.24) is 20.0 Å². The summed E-state index contributed by atoms with van der Waals surface area (Å²) in [5.74, 6) is -0.454. The summed E-state index contributed by atoms with van der Waals surface area (Å²) in [5, 5.41) is 10.7. The van der Waals surface area contributed by atoms with Crippen LogP contribution in [0.2, 0.25) is 0 Å². The van der Waals surface area contributed by atoms with Crippen molar-refractivity contribution < 1.29 is 9.59 Å². The molecule has 0 aliphatic carbocycles. The second-order valence-electron chi connectivity index (χ2n) is 4.85. The van der Waals surface area contributed by atoms with Crippen LogP contribution in [0.3, 0.4) is 0 Å². The lowest BCUT2D eigenvalue weighted by atomic mass is 10.2. The molecule has 0 aliphatic heterocycles. The van der Waals surface area contributed by atoms with Crippen molar-refractivity contribution in [3.05, 3.63) is 35.7 Å². The number of benzene rings is 1. The molecule has 1 aromatic carbocycles. The summed E-state index contributed by atoms with van der Waals surface area (Å²) in [5.41, 5.74) is 2.20. The van der Waals surface area contributed by atoms with E-state index in [2.05, 4.69) is 20.6 Å². The van der Waals surface area contributed by atoms with Gasteiger partial charge in [-0.2, -0.15) is 0 Å². The third kappa shape index (κ3) is 2.86. The van der Waals surface area contributed by atoms with Crippen LogP contribution < -0.4 is 5.32 Å². The number of anilines is 1. The minimum Gasteiger partial charge on any atom is -0.300 e. The Morgan fingerprint density at radius 1 is 1.36 bits per heavy atom. The molecule has 0 saturated carbocycles. The average Bonchev–Trinajstić information content (AvgIpc) is 3.06. The van der Waals surface area contributed by atoms with Gasteiger partial charge in [-0.3, -0.25) is 9.59 Å². The van der Waals surface area contributed by atoms with E-state index in [9.17, 15) is 9.59 Å². The molecule has 1 N–H and O–H groups in total. The molecule has 7 nitrogen and oxygen atoms in total. The number of carbonyl (C=O) groups is 2. The maximum absolute atomic E-state index is 12.0. The number of aryl methyl sites for hydroxylation is 1. The molecule has 0 unspecified atom stereocenters. The molecule has 3 aromatic rings. The zero-order valence-electron chi connectivity index (χ0n) is 12.0. The molecule has 0 atom stereocenters. The summed E-state index contributed by atoms with van der Waals surface area (Å²) >= 11 is 1.42. The smallest absolute Gasteiger partial charge is 0.247 e. The Balaban J connectivity index is 1.72. The van der Waals surface area contributed by atoms with Gasteiger partial charge in [-0.05, 0) is 18.6 Å². The van der Waals surface area contributed by atoms with Crippen molar-refractivity contribution in [1.29, 1.82) is 0 Å². The van der Waals surface area contributed by atoms with E-state index in [1.165, 1.54) is 29.1 Å². The lowest BCUT2D eigenvalue weighted by molar-refractivity contribution is -0.116. The van der Waals surface area contributed by atoms with Gasteiger partial charge in [0.1, 0.15) is 12.2 Å². The molecular weight excluding hydrogens is 302 g/mol. The van der Waals surface area contributed by atoms with E-state index in [4.69, 9.17) is 0 Å². The number of nitrogens with one attached hydrogen (secondary N) is 1. The molecule has 0 bridgehead atoms. The van der Waals surface area contributed by atoms with E-state index in [0.29, 0.717) is 5.13 Å². The van der Waals surface area contributed by atoms with E-state index < -0.39 is 0 Å². The third-order valence-corrected chi connectivity index (χ3v) is 4.01. The predicted molar refractivity (Wildman–Crippen MR) is 83.0 cm³/mol. The molecule has 0 saturated heterocycles. The third-order valence-electron chi connectivity index (χ3n) is 3.07. The molecule has 0 fully saturated rings. The van der Waals surface area contributed by atoms with Crippen LogP contribution in [0.1, 0.15) is 23.0 Å². The van der Waals surface area contributed by atoms with Crippen molar-refractivity contribution >= 4 is 38.4 Å². The lowest BCUT2D eigenvalue weighted by Gasteiger charge is -2.00. The molecule has 1 amide bonds. The van der Waals surface area contributed by atoms with E-state index in [-0.39, 0.29) is 23.9 Å². The molecule has 0 aliphatic rings. The molecule has 0 radical (unpaired) electrons. The number of ketones is 1. The Morgan fingerprint density at radius 3 is 2.86 bits per heavy atom. The van der Waals surface area contributed by atoms with Crippen LogP contribution in [0.15, 0.2) is 24.4 Å². The van der Waals surface area contributed by atoms with Crippen LogP contribution in [0.25, 0.3) is 10.2 Å². The Bertz CT molecular complexity index is 867. The summed E-state index contributed by atoms with van der Waals surface area (Å²) in [6.07, 6.45) is 1.45. The normalized spacial score (nSPS) is 10.8. The molecule has 112 valence electrons. The van der Waals surface area contributed by atoms with Crippen LogP contribution in [-0.4, -0.2) is 31.7 Å². The van der Waals surface area contributed by atoms with Gasteiger partial charge in [0.2, 0.25) is 5.91 Å². The highest BCUT2D eigenvalue weighted by molar-refractivity contribution is 7.22. The fraction of sp³-hybridized carbons (Fsp3) is 0.214. The Hall–Kier alpha value is -2.61. The molecular formula is C14H13N5O2S. The average molecular weight is 315 g/mol. The number of hydrogen-bond acceptors (Lipinski definition) is 6. The number of nitrogens with zero attached hydrogens (tertiary/aromatic N) is 4. The number of carbonyl (C=O) groups excluding carboxylic acids is 2. The van der Waals surface area contributed by atoms with Crippen molar-refractivity contribution in [3.63, 3.8) is 0 Å². The molecule has 22 heavy (non-hydrogen) atoms. The Labute approximate surface area is 130 Å². The van der Waals surface area contributed by atoms with Gasteiger partial charge in [0, 0.05) is 6.92 Å². The van der Waals surface area contributed by atoms with Crippen LogP contribution in [0.5, 0.6) is 0 Å². The summed E-state index contributed by atoms with van der Waals surface area (Å²) < 4.78 is 2.35. The standard InChI is InChI=1S/C14H13N5O2S/c1-8-4-3-5-11-13(8)16-14(22-11)15-12(21)7-19-6-10(9(2)20)17-18-19/h3-6H,7H2,1-2H3,(H,15,16,21). The maximum Gasteiger partial charge on any atom is 0.247 e. The fourth-order valence-electron chi connectivity index (χ4n) is 1.98. The molecule has 3 rings (SSSR count). The minimum atomic E-state index is -0.267. The maximum atomic E-state index is 12.0. The van der Waals surface area contributed by atoms with Gasteiger partial charge in [-0.15, -0.1) is 5.10 Å². The van der Waals surface area contributed by atoms with E-state index in [1.807, 2.05) is 25.1 Å². The SMILES string of the molecule is CC(=O)c1cn(CC(=O)Nc2nc3c(C)cccc3s2)nn1. The van der Waals surface area contributed by atoms with Crippen molar-refractivity contribution in [3.8, 4) is 0 Å². The summed E-state index contributed by atoms with van der Waals surface area (Å²) in [7, 11) is 0. The highest BCUT2D eigenvalue weighted by Crippen LogP contribution is 2.27. The number of thiazole rings is 1. The number of aromatic nitrogens is 4. The van der Waals surface area contributed by atoms with Crippen LogP contribution in [0, 0.1) is 6.92 Å². The van der Waals surface area contributed by atoms with E-state index in [1.54, 1.807) is 0 Å². The largest absolute Gasteiger partial charge is 0.300 e. The van der Waals surface area contributed by atoms with Crippen LogP contribution in [0.4, 0.5) is 5.13 Å². The molecule has 0 spiro atoms. The number of amides is 1. The zero-order chi connectivity index (χ0) is 15.7. The summed E-state index contributed by atoms with van der Waals surface area (Å²) in [4.78, 5) is 27.6. The van der Waals surface area contributed by atoms with Crippen molar-refractivity contribution in [2.45, 2.75) is 20.4 Å². The molecule has 2 aromatic heterocycles. The van der Waals surface area contributed by atoms with Gasteiger partial charge in [-0.25, -0.2) is 9.67 Å². The van der Waals surface area contributed by atoms with E-state index in [0.717, 1.165) is 15.8 Å². The zero-order valence-corrected chi connectivity index (χ0v) is 12.8. The van der Waals surface area contributed by atoms with Crippen molar-refractivity contribution in [2.75, 3.05) is 5.32 Å². The molecule has 8 heteroatoms. The number of fused-ring (bicyclic) bond motifs is 1. The first-order valence-corrected chi connectivity index (χ1v) is 7.41. The van der Waals surface area contributed by atoms with Gasteiger partial charge < -0.3 is 5.32 Å². The van der Waals surface area contributed by atoms with Gasteiger partial charge in [0.15, 0.2) is 10.9 Å². The van der Waals surface area contributed by atoms with E-state index >= 15 is 0 Å². The van der Waals surface area contributed by atoms with Gasteiger partial charge in [-0.1, -0.05) is 28.7 Å². The van der Waals surface area contributed by atoms with Gasteiger partial charge >= 0.3 is 0 Å². The first kappa shape index (κ1) is 14.3. The number of para-hydroxylation sites is 1. The topological polar surface area (TPSA) is 89.8 Å².